The number of ether oxygens (including phenoxy) is 1. The average molecular weight is 390 g/mol. The average Bonchev–Trinajstić information content (AvgIpc) is 2.65. The molecule has 28 heavy (non-hydrogen) atoms. The Labute approximate surface area is 168 Å². The molecule has 1 aromatic carbocycles. The molecule has 156 valence electrons. The highest BCUT2D eigenvalue weighted by Crippen LogP contribution is 2.18. The molecular weight excluding hydrogens is 354 g/mol. The molecule has 7 nitrogen and oxygen atoms in total. The van der Waals surface area contributed by atoms with Crippen molar-refractivity contribution >= 4 is 12.1 Å². The summed E-state index contributed by atoms with van der Waals surface area (Å²) in [5.41, 5.74) is 2.46. The van der Waals surface area contributed by atoms with Crippen LogP contribution in [0.1, 0.15) is 38.3 Å². The van der Waals surface area contributed by atoms with Gasteiger partial charge in [-0.3, -0.25) is 9.89 Å². The summed E-state index contributed by atoms with van der Waals surface area (Å²) < 4.78 is 5.20. The molecule has 0 saturated heterocycles. The second-order valence-electron chi connectivity index (χ2n) is 8.00. The van der Waals surface area contributed by atoms with E-state index in [0.29, 0.717) is 13.1 Å². The van der Waals surface area contributed by atoms with E-state index in [1.54, 1.807) is 7.05 Å². The first-order valence-corrected chi connectivity index (χ1v) is 10.1. The summed E-state index contributed by atoms with van der Waals surface area (Å²) in [5.74, 6) is 0.745. The van der Waals surface area contributed by atoms with Crippen molar-refractivity contribution in [2.45, 2.75) is 45.8 Å². The SMILES string of the molecule is CN=C(NCCCN1CCc2ccccc2C1)NCCNC(=O)OC(C)(C)C. The van der Waals surface area contributed by atoms with Crippen molar-refractivity contribution in [2.75, 3.05) is 39.8 Å². The van der Waals surface area contributed by atoms with Crippen molar-refractivity contribution in [3.05, 3.63) is 35.4 Å². The lowest BCUT2D eigenvalue weighted by Gasteiger charge is -2.28. The number of amides is 1. The zero-order valence-electron chi connectivity index (χ0n) is 17.7. The number of nitrogens with zero attached hydrogens (tertiary/aromatic N) is 2. The first kappa shape index (κ1) is 22.0. The Balaban J connectivity index is 1.56. The highest BCUT2D eigenvalue weighted by molar-refractivity contribution is 5.79. The molecule has 3 N–H and O–H groups in total. The fraction of sp³-hybridized carbons (Fsp3) is 0.619. The molecule has 0 atom stereocenters. The number of fused-ring (bicyclic) bond motifs is 1. The molecule has 2 rings (SSSR count). The Kier molecular flexibility index (Phi) is 8.57. The molecule has 0 fully saturated rings. The maximum atomic E-state index is 11.6. The minimum atomic E-state index is -0.481. The highest BCUT2D eigenvalue weighted by Gasteiger charge is 2.16. The minimum absolute atomic E-state index is 0.402. The number of hydrogen-bond donors (Lipinski definition) is 3. The van der Waals surface area contributed by atoms with E-state index in [0.717, 1.165) is 45.0 Å². The maximum absolute atomic E-state index is 11.6. The van der Waals surface area contributed by atoms with Crippen LogP contribution in [-0.2, 0) is 17.7 Å². The normalized spacial score (nSPS) is 14.9. The van der Waals surface area contributed by atoms with Crippen molar-refractivity contribution in [3.63, 3.8) is 0 Å². The van der Waals surface area contributed by atoms with E-state index in [1.807, 2.05) is 20.8 Å². The lowest BCUT2D eigenvalue weighted by atomic mass is 10.00. The van der Waals surface area contributed by atoms with Crippen LogP contribution in [0.15, 0.2) is 29.3 Å². The number of alkyl carbamates (subject to hydrolysis) is 1. The predicted molar refractivity (Wildman–Crippen MR) is 114 cm³/mol. The van der Waals surface area contributed by atoms with Gasteiger partial charge in [0.2, 0.25) is 0 Å². The molecule has 0 aromatic heterocycles. The Hall–Kier alpha value is -2.28. The quantitative estimate of drug-likeness (QED) is 0.378. The van der Waals surface area contributed by atoms with Crippen LogP contribution in [0.4, 0.5) is 4.79 Å². The molecule has 0 unspecified atom stereocenters. The third-order valence-electron chi connectivity index (χ3n) is 4.46. The number of guanidine groups is 1. The minimum Gasteiger partial charge on any atom is -0.444 e. The van der Waals surface area contributed by atoms with E-state index in [2.05, 4.69) is 50.1 Å². The van der Waals surface area contributed by atoms with Gasteiger partial charge in [-0.25, -0.2) is 4.79 Å². The third kappa shape index (κ3) is 8.17. The fourth-order valence-electron chi connectivity index (χ4n) is 3.13. The van der Waals surface area contributed by atoms with Gasteiger partial charge in [-0.1, -0.05) is 24.3 Å². The second-order valence-corrected chi connectivity index (χ2v) is 8.00. The molecule has 1 aliphatic rings. The highest BCUT2D eigenvalue weighted by atomic mass is 16.6. The summed E-state index contributed by atoms with van der Waals surface area (Å²) in [6.45, 7) is 10.7. The van der Waals surface area contributed by atoms with Gasteiger partial charge in [-0.05, 0) is 44.7 Å². The number of carbonyl (C=O) groups is 1. The van der Waals surface area contributed by atoms with Crippen molar-refractivity contribution in [2.24, 2.45) is 4.99 Å². The van der Waals surface area contributed by atoms with E-state index in [-0.39, 0.29) is 0 Å². The van der Waals surface area contributed by atoms with E-state index < -0.39 is 11.7 Å². The van der Waals surface area contributed by atoms with Crippen molar-refractivity contribution in [1.29, 1.82) is 0 Å². The zero-order chi connectivity index (χ0) is 20.4. The molecule has 7 heteroatoms. The van der Waals surface area contributed by atoms with Gasteiger partial charge >= 0.3 is 6.09 Å². The number of benzene rings is 1. The van der Waals surface area contributed by atoms with Crippen LogP contribution in [0.3, 0.4) is 0 Å². The first-order valence-electron chi connectivity index (χ1n) is 10.1. The Morgan fingerprint density at radius 2 is 1.79 bits per heavy atom. The molecule has 0 bridgehead atoms. The molecule has 0 spiro atoms. The molecule has 1 heterocycles. The molecule has 1 aromatic rings. The summed E-state index contributed by atoms with van der Waals surface area (Å²) in [5, 5.41) is 9.24. The third-order valence-corrected chi connectivity index (χ3v) is 4.46. The van der Waals surface area contributed by atoms with E-state index >= 15 is 0 Å². The summed E-state index contributed by atoms with van der Waals surface area (Å²) in [7, 11) is 1.75. The number of carbonyl (C=O) groups excluding carboxylic acids is 1. The summed E-state index contributed by atoms with van der Waals surface area (Å²) in [6, 6.07) is 8.72. The largest absolute Gasteiger partial charge is 0.444 e. The van der Waals surface area contributed by atoms with Crippen LogP contribution in [-0.4, -0.2) is 62.3 Å². The maximum Gasteiger partial charge on any atom is 0.407 e. The summed E-state index contributed by atoms with van der Waals surface area (Å²) >= 11 is 0. The Morgan fingerprint density at radius 1 is 1.11 bits per heavy atom. The van der Waals surface area contributed by atoms with E-state index in [9.17, 15) is 4.79 Å². The number of hydrogen-bond acceptors (Lipinski definition) is 4. The van der Waals surface area contributed by atoms with Crippen LogP contribution in [0.2, 0.25) is 0 Å². The molecule has 1 amide bonds. The second kappa shape index (κ2) is 10.9. The summed E-state index contributed by atoms with van der Waals surface area (Å²) in [4.78, 5) is 18.3. The van der Waals surface area contributed by atoms with Gasteiger partial charge in [-0.15, -0.1) is 0 Å². The molecule has 0 radical (unpaired) electrons. The van der Waals surface area contributed by atoms with Crippen LogP contribution in [0.5, 0.6) is 0 Å². The van der Waals surface area contributed by atoms with Crippen LogP contribution in [0, 0.1) is 0 Å². The van der Waals surface area contributed by atoms with Crippen molar-refractivity contribution in [3.8, 4) is 0 Å². The topological polar surface area (TPSA) is 78.0 Å². The van der Waals surface area contributed by atoms with Gasteiger partial charge in [0.25, 0.3) is 0 Å². The van der Waals surface area contributed by atoms with Gasteiger partial charge in [0.1, 0.15) is 5.60 Å². The standard InChI is InChI=1S/C21H35N5O2/c1-21(2,3)28-20(27)25-13-12-24-19(22-4)23-11-7-14-26-15-10-17-8-5-6-9-18(17)16-26/h5-6,8-9H,7,10-16H2,1-4H3,(H,25,27)(H2,22,23,24). The van der Waals surface area contributed by atoms with Gasteiger partial charge < -0.3 is 20.7 Å². The van der Waals surface area contributed by atoms with Gasteiger partial charge in [0, 0.05) is 46.3 Å². The number of rotatable bonds is 7. The number of aliphatic imine (C=N–C) groups is 1. The molecule has 0 aliphatic carbocycles. The van der Waals surface area contributed by atoms with Gasteiger partial charge in [0.15, 0.2) is 5.96 Å². The summed E-state index contributed by atoms with van der Waals surface area (Å²) in [6.07, 6.45) is 1.79. The van der Waals surface area contributed by atoms with Crippen molar-refractivity contribution < 1.29 is 9.53 Å². The van der Waals surface area contributed by atoms with E-state index in [1.165, 1.54) is 11.1 Å². The zero-order valence-corrected chi connectivity index (χ0v) is 17.7. The number of nitrogens with one attached hydrogen (secondary N) is 3. The first-order chi connectivity index (χ1) is 13.4. The lowest BCUT2D eigenvalue weighted by molar-refractivity contribution is 0.0529. The Morgan fingerprint density at radius 3 is 2.50 bits per heavy atom. The van der Waals surface area contributed by atoms with Crippen molar-refractivity contribution in [1.82, 2.24) is 20.9 Å². The van der Waals surface area contributed by atoms with Crippen LogP contribution in [0.25, 0.3) is 0 Å². The van der Waals surface area contributed by atoms with E-state index in [4.69, 9.17) is 4.74 Å². The van der Waals surface area contributed by atoms with Crippen LogP contribution < -0.4 is 16.0 Å². The van der Waals surface area contributed by atoms with Gasteiger partial charge in [0.05, 0.1) is 0 Å². The molecule has 0 saturated carbocycles. The Bertz CT molecular complexity index is 654. The van der Waals surface area contributed by atoms with Gasteiger partial charge in [-0.2, -0.15) is 0 Å². The smallest absolute Gasteiger partial charge is 0.407 e. The monoisotopic (exact) mass is 389 g/mol. The molecular formula is C21H35N5O2. The lowest BCUT2D eigenvalue weighted by Crippen LogP contribution is -2.43. The molecule has 1 aliphatic heterocycles. The fourth-order valence-corrected chi connectivity index (χ4v) is 3.13. The van der Waals surface area contributed by atoms with Crippen LogP contribution >= 0.6 is 0 Å². The predicted octanol–water partition coefficient (Wildman–Crippen LogP) is 2.12.